The van der Waals surface area contributed by atoms with E-state index in [4.69, 9.17) is 4.74 Å². The Bertz CT molecular complexity index is 1560. The predicted octanol–water partition coefficient (Wildman–Crippen LogP) is 0.631. The number of para-hydroxylation sites is 1. The van der Waals surface area contributed by atoms with Crippen molar-refractivity contribution < 1.29 is 22.7 Å². The molecule has 0 saturated heterocycles. The molecule has 35 heavy (non-hydrogen) atoms. The van der Waals surface area contributed by atoms with Crippen molar-refractivity contribution in [1.29, 1.82) is 0 Å². The Morgan fingerprint density at radius 3 is 2.51 bits per heavy atom. The number of sulfonamides is 1. The molecule has 0 unspecified atom stereocenters. The van der Waals surface area contributed by atoms with Gasteiger partial charge in [-0.05, 0) is 36.2 Å². The Labute approximate surface area is 200 Å². The largest absolute Gasteiger partial charge is 0.452 e. The van der Waals surface area contributed by atoms with Gasteiger partial charge in [0.2, 0.25) is 0 Å². The smallest absolute Gasteiger partial charge is 0.338 e. The van der Waals surface area contributed by atoms with Gasteiger partial charge in [-0.2, -0.15) is 0 Å². The highest BCUT2D eigenvalue weighted by Crippen LogP contribution is 2.32. The van der Waals surface area contributed by atoms with Gasteiger partial charge in [-0.15, -0.1) is 0 Å². The van der Waals surface area contributed by atoms with Crippen molar-refractivity contribution in [3.8, 4) is 0 Å². The SMILES string of the molecule is Cn1c(NC(=O)COC(=O)c2cccc(S(=O)(=O)N3CCc4ccccc43)c2)cc(=O)n(C)c1=O. The lowest BCUT2D eigenvalue weighted by Gasteiger charge is -2.19. The minimum absolute atomic E-state index is 0.0488. The van der Waals surface area contributed by atoms with E-state index in [0.717, 1.165) is 20.8 Å². The topological polar surface area (TPSA) is 137 Å². The summed E-state index contributed by atoms with van der Waals surface area (Å²) in [4.78, 5) is 48.4. The van der Waals surface area contributed by atoms with Crippen LogP contribution in [0.1, 0.15) is 15.9 Å². The van der Waals surface area contributed by atoms with Gasteiger partial charge in [0.15, 0.2) is 6.61 Å². The minimum Gasteiger partial charge on any atom is -0.452 e. The first kappa shape index (κ1) is 24.0. The number of fused-ring (bicyclic) bond motifs is 1. The third kappa shape index (κ3) is 4.60. The van der Waals surface area contributed by atoms with E-state index in [0.29, 0.717) is 18.7 Å². The second kappa shape index (κ2) is 9.22. The number of amides is 1. The lowest BCUT2D eigenvalue weighted by atomic mass is 10.2. The van der Waals surface area contributed by atoms with Gasteiger partial charge in [0.05, 0.1) is 16.1 Å². The second-order valence-corrected chi connectivity index (χ2v) is 9.74. The molecule has 0 aliphatic carbocycles. The van der Waals surface area contributed by atoms with Crippen LogP contribution in [-0.4, -0.2) is 42.6 Å². The molecular formula is C23H22N4O7S. The molecule has 1 aliphatic heterocycles. The molecule has 2 heterocycles. The Kier molecular flexibility index (Phi) is 6.31. The van der Waals surface area contributed by atoms with Crippen LogP contribution in [0.5, 0.6) is 0 Å². The van der Waals surface area contributed by atoms with Gasteiger partial charge < -0.3 is 10.1 Å². The van der Waals surface area contributed by atoms with Gasteiger partial charge in [-0.1, -0.05) is 24.3 Å². The van der Waals surface area contributed by atoms with Crippen LogP contribution < -0.4 is 20.9 Å². The number of carbonyl (C=O) groups excluding carboxylic acids is 2. The number of aromatic nitrogens is 2. The number of benzene rings is 2. The van der Waals surface area contributed by atoms with Gasteiger partial charge in [-0.25, -0.2) is 18.0 Å². The average molecular weight is 499 g/mol. The van der Waals surface area contributed by atoms with E-state index in [9.17, 15) is 27.6 Å². The van der Waals surface area contributed by atoms with E-state index >= 15 is 0 Å². The first-order chi connectivity index (χ1) is 16.6. The highest BCUT2D eigenvalue weighted by atomic mass is 32.2. The fourth-order valence-electron chi connectivity index (χ4n) is 3.71. The normalized spacial score (nSPS) is 12.8. The third-order valence-electron chi connectivity index (χ3n) is 5.63. The maximum Gasteiger partial charge on any atom is 0.338 e. The minimum atomic E-state index is -3.91. The molecule has 12 heteroatoms. The summed E-state index contributed by atoms with van der Waals surface area (Å²) in [7, 11) is -1.24. The van der Waals surface area contributed by atoms with Crippen LogP contribution in [0.2, 0.25) is 0 Å². The molecule has 0 bridgehead atoms. The van der Waals surface area contributed by atoms with Crippen LogP contribution in [0.4, 0.5) is 11.5 Å². The lowest BCUT2D eigenvalue weighted by Crippen LogP contribution is -2.38. The summed E-state index contributed by atoms with van der Waals surface area (Å²) in [5.41, 5.74) is 0.226. The molecule has 0 fully saturated rings. The highest BCUT2D eigenvalue weighted by molar-refractivity contribution is 7.92. The lowest BCUT2D eigenvalue weighted by molar-refractivity contribution is -0.119. The number of carbonyl (C=O) groups is 2. The van der Waals surface area contributed by atoms with Crippen molar-refractivity contribution in [3.05, 3.63) is 86.6 Å². The predicted molar refractivity (Wildman–Crippen MR) is 127 cm³/mol. The van der Waals surface area contributed by atoms with E-state index < -0.39 is 39.8 Å². The Hall–Kier alpha value is -4.19. The van der Waals surface area contributed by atoms with Crippen LogP contribution in [0, 0.1) is 0 Å². The second-order valence-electron chi connectivity index (χ2n) is 7.88. The quantitative estimate of drug-likeness (QED) is 0.492. The summed E-state index contributed by atoms with van der Waals surface area (Å²) >= 11 is 0. The molecule has 1 N–H and O–H groups in total. The standard InChI is InChI=1S/C23H22N4O7S/c1-25-19(13-21(29)26(2)23(25)31)24-20(28)14-34-22(30)16-7-5-8-17(12-16)35(32,33)27-11-10-15-6-3-4-9-18(15)27/h3-9,12-13H,10-11,14H2,1-2H3,(H,24,28). The van der Waals surface area contributed by atoms with Gasteiger partial charge in [0.1, 0.15) is 5.82 Å². The number of anilines is 2. The monoisotopic (exact) mass is 498 g/mol. The van der Waals surface area contributed by atoms with Crippen molar-refractivity contribution in [3.63, 3.8) is 0 Å². The van der Waals surface area contributed by atoms with Crippen molar-refractivity contribution in [2.24, 2.45) is 14.1 Å². The third-order valence-corrected chi connectivity index (χ3v) is 7.44. The molecule has 0 spiro atoms. The molecule has 0 atom stereocenters. The van der Waals surface area contributed by atoms with E-state index in [1.165, 1.54) is 42.7 Å². The summed E-state index contributed by atoms with van der Waals surface area (Å²) in [6.07, 6.45) is 0.589. The van der Waals surface area contributed by atoms with Gasteiger partial charge in [-0.3, -0.25) is 23.0 Å². The van der Waals surface area contributed by atoms with Gasteiger partial charge >= 0.3 is 11.7 Å². The first-order valence-corrected chi connectivity index (χ1v) is 12.0. The molecule has 182 valence electrons. The number of ether oxygens (including phenoxy) is 1. The van der Waals surface area contributed by atoms with Crippen molar-refractivity contribution in [2.75, 3.05) is 22.8 Å². The molecule has 3 aromatic rings. The molecular weight excluding hydrogens is 476 g/mol. The first-order valence-electron chi connectivity index (χ1n) is 10.5. The average Bonchev–Trinajstić information content (AvgIpc) is 3.30. The van der Waals surface area contributed by atoms with E-state index in [2.05, 4.69) is 5.32 Å². The fourth-order valence-corrected chi connectivity index (χ4v) is 5.26. The van der Waals surface area contributed by atoms with E-state index in [1.54, 1.807) is 12.1 Å². The molecule has 11 nitrogen and oxygen atoms in total. The number of esters is 1. The molecule has 0 saturated carbocycles. The van der Waals surface area contributed by atoms with Crippen molar-refractivity contribution in [1.82, 2.24) is 9.13 Å². The highest BCUT2D eigenvalue weighted by Gasteiger charge is 2.31. The van der Waals surface area contributed by atoms with Crippen LogP contribution in [0.15, 0.2) is 69.1 Å². The maximum absolute atomic E-state index is 13.2. The van der Waals surface area contributed by atoms with Crippen LogP contribution in [0.3, 0.4) is 0 Å². The summed E-state index contributed by atoms with van der Waals surface area (Å²) in [6, 6.07) is 13.6. The van der Waals surface area contributed by atoms with Crippen LogP contribution in [-0.2, 0) is 40.1 Å². The summed E-state index contributed by atoms with van der Waals surface area (Å²) in [6.45, 7) is -0.416. The number of hydrogen-bond acceptors (Lipinski definition) is 7. The van der Waals surface area contributed by atoms with Crippen molar-refractivity contribution in [2.45, 2.75) is 11.3 Å². The zero-order chi connectivity index (χ0) is 25.3. The molecule has 1 amide bonds. The number of hydrogen-bond donors (Lipinski definition) is 1. The summed E-state index contributed by atoms with van der Waals surface area (Å²) < 4.78 is 34.7. The molecule has 0 radical (unpaired) electrons. The van der Waals surface area contributed by atoms with Gasteiger partial charge in [0.25, 0.3) is 21.5 Å². The number of nitrogens with zero attached hydrogens (tertiary/aromatic N) is 3. The Morgan fingerprint density at radius 1 is 1.00 bits per heavy atom. The van der Waals surface area contributed by atoms with E-state index in [-0.39, 0.29) is 16.3 Å². The zero-order valence-electron chi connectivity index (χ0n) is 18.9. The van der Waals surface area contributed by atoms with Crippen LogP contribution in [0.25, 0.3) is 0 Å². The zero-order valence-corrected chi connectivity index (χ0v) is 19.7. The molecule has 1 aromatic heterocycles. The Morgan fingerprint density at radius 2 is 1.74 bits per heavy atom. The van der Waals surface area contributed by atoms with Crippen molar-refractivity contribution >= 4 is 33.4 Å². The molecule has 2 aromatic carbocycles. The maximum atomic E-state index is 13.2. The number of rotatable bonds is 6. The Balaban J connectivity index is 1.46. The van der Waals surface area contributed by atoms with E-state index in [1.807, 2.05) is 12.1 Å². The summed E-state index contributed by atoms with van der Waals surface area (Å²) in [5, 5.41) is 2.34. The van der Waals surface area contributed by atoms with Gasteiger partial charge in [0, 0.05) is 26.7 Å². The van der Waals surface area contributed by atoms with Crippen LogP contribution >= 0.6 is 0 Å². The molecule has 1 aliphatic rings. The summed E-state index contributed by atoms with van der Waals surface area (Å²) in [5.74, 6) is -1.74. The number of nitrogens with one attached hydrogen (secondary N) is 1. The fraction of sp³-hybridized carbons (Fsp3) is 0.217. The molecule has 4 rings (SSSR count).